The van der Waals surface area contributed by atoms with Gasteiger partial charge in [-0.15, -0.1) is 0 Å². The van der Waals surface area contributed by atoms with Gasteiger partial charge in [-0.3, -0.25) is 0 Å². The molecule has 0 aliphatic rings. The Bertz CT molecular complexity index is 25.1. The first-order valence-corrected chi connectivity index (χ1v) is 2.24. The average molecular weight is 161 g/mol. The van der Waals surface area contributed by atoms with Crippen LogP contribution in [0.1, 0.15) is 6.92 Å². The molecule has 0 aliphatic carbocycles. The fraction of sp³-hybridized carbons (Fsp3) is 1.00. The molecule has 5 heavy (non-hydrogen) atoms. The molecule has 0 aromatic heterocycles. The third kappa shape index (κ3) is 69.9. The Kier molecular flexibility index (Phi) is 1.63. The molecular formula is C2H3BrClF. The van der Waals surface area contributed by atoms with Gasteiger partial charge in [-0.05, 0) is 22.9 Å². The van der Waals surface area contributed by atoms with Crippen LogP contribution in [0.15, 0.2) is 0 Å². The van der Waals surface area contributed by atoms with E-state index < -0.39 is 4.04 Å². The Labute approximate surface area is 43.4 Å². The number of rotatable bonds is 0. The van der Waals surface area contributed by atoms with E-state index in [2.05, 4.69) is 15.9 Å². The van der Waals surface area contributed by atoms with Gasteiger partial charge in [-0.1, -0.05) is 11.6 Å². The van der Waals surface area contributed by atoms with E-state index in [0.29, 0.717) is 0 Å². The molecule has 0 heterocycles. The molecule has 1 atom stereocenters. The minimum absolute atomic E-state index is 1.20. The summed E-state index contributed by atoms with van der Waals surface area (Å²) in [5.74, 6) is 0. The fourth-order valence-electron chi connectivity index (χ4n) is 0. The lowest BCUT2D eigenvalue weighted by Crippen LogP contribution is -1.88. The smallest absolute Gasteiger partial charge is 0.214 e. The minimum atomic E-state index is -1.72. The lowest BCUT2D eigenvalue weighted by molar-refractivity contribution is 0.443. The van der Waals surface area contributed by atoms with Crippen LogP contribution in [0, 0.1) is 0 Å². The maximum Gasteiger partial charge on any atom is 0.235 e. The van der Waals surface area contributed by atoms with Crippen LogP contribution in [0.2, 0.25) is 0 Å². The van der Waals surface area contributed by atoms with Gasteiger partial charge in [-0.25, -0.2) is 4.39 Å². The monoisotopic (exact) mass is 160 g/mol. The molecule has 0 saturated heterocycles. The summed E-state index contributed by atoms with van der Waals surface area (Å²) in [4.78, 5) is 0. The average Bonchev–Trinajstić information content (AvgIpc) is 0.722. The highest BCUT2D eigenvalue weighted by Crippen LogP contribution is 2.22. The molecular weight excluding hydrogens is 158 g/mol. The summed E-state index contributed by atoms with van der Waals surface area (Å²) >= 11 is 7.25. The van der Waals surface area contributed by atoms with Gasteiger partial charge in [0.2, 0.25) is 4.04 Å². The molecule has 0 rings (SSSR count). The zero-order valence-electron chi connectivity index (χ0n) is 2.63. The predicted octanol–water partition coefficient (Wildman–Crippen LogP) is 2.26. The van der Waals surface area contributed by atoms with Gasteiger partial charge < -0.3 is 0 Å². The lowest BCUT2D eigenvalue weighted by atomic mass is 10.9. The van der Waals surface area contributed by atoms with Crippen molar-refractivity contribution in [3.05, 3.63) is 0 Å². The molecule has 1 unspecified atom stereocenters. The summed E-state index contributed by atoms with van der Waals surface area (Å²) in [6.45, 7) is 1.20. The Morgan fingerprint density at radius 2 is 2.00 bits per heavy atom. The highest BCUT2D eigenvalue weighted by atomic mass is 79.9. The summed E-state index contributed by atoms with van der Waals surface area (Å²) in [6, 6.07) is 0. The van der Waals surface area contributed by atoms with Crippen molar-refractivity contribution in [2.75, 3.05) is 0 Å². The van der Waals surface area contributed by atoms with E-state index in [4.69, 9.17) is 11.6 Å². The molecule has 0 saturated carbocycles. The summed E-state index contributed by atoms with van der Waals surface area (Å²) in [5.41, 5.74) is 0. The summed E-state index contributed by atoms with van der Waals surface area (Å²) in [6.07, 6.45) is 0. The fourth-order valence-corrected chi connectivity index (χ4v) is 0. The first kappa shape index (κ1) is 5.70. The molecule has 0 spiro atoms. The lowest BCUT2D eigenvalue weighted by Gasteiger charge is -1.93. The highest BCUT2D eigenvalue weighted by Gasteiger charge is 2.09. The number of hydrogen-bond donors (Lipinski definition) is 0. The maximum absolute atomic E-state index is 11.4. The van der Waals surface area contributed by atoms with Crippen molar-refractivity contribution in [1.82, 2.24) is 0 Å². The van der Waals surface area contributed by atoms with Crippen molar-refractivity contribution in [3.63, 3.8) is 0 Å². The molecule has 0 amide bonds. The van der Waals surface area contributed by atoms with Gasteiger partial charge in [0.1, 0.15) is 0 Å². The highest BCUT2D eigenvalue weighted by molar-refractivity contribution is 9.10. The van der Waals surface area contributed by atoms with Crippen LogP contribution < -0.4 is 0 Å². The predicted molar refractivity (Wildman–Crippen MR) is 24.3 cm³/mol. The number of alkyl halides is 3. The molecule has 0 aromatic carbocycles. The van der Waals surface area contributed by atoms with Gasteiger partial charge in [0.15, 0.2) is 0 Å². The van der Waals surface area contributed by atoms with Gasteiger partial charge in [0.25, 0.3) is 0 Å². The number of halogens is 3. The van der Waals surface area contributed by atoms with Crippen molar-refractivity contribution in [3.8, 4) is 0 Å². The standard InChI is InChI=1S/C2H3BrClF/c1-2(3,4)5/h1H3. The van der Waals surface area contributed by atoms with Gasteiger partial charge in [-0.2, -0.15) is 0 Å². The van der Waals surface area contributed by atoms with E-state index in [9.17, 15) is 4.39 Å². The van der Waals surface area contributed by atoms with E-state index in [-0.39, 0.29) is 0 Å². The van der Waals surface area contributed by atoms with Crippen LogP contribution in [0.5, 0.6) is 0 Å². The third-order valence-electron chi connectivity index (χ3n) is 0. The van der Waals surface area contributed by atoms with E-state index in [1.54, 1.807) is 0 Å². The van der Waals surface area contributed by atoms with Crippen LogP contribution in [0.4, 0.5) is 4.39 Å². The first-order valence-electron chi connectivity index (χ1n) is 1.07. The van der Waals surface area contributed by atoms with E-state index in [0.717, 1.165) is 0 Å². The number of hydrogen-bond acceptors (Lipinski definition) is 0. The van der Waals surface area contributed by atoms with Gasteiger partial charge in [0.05, 0.1) is 0 Å². The van der Waals surface area contributed by atoms with Crippen LogP contribution >= 0.6 is 27.5 Å². The molecule has 0 nitrogen and oxygen atoms in total. The molecule has 0 aromatic rings. The second-order valence-corrected chi connectivity index (χ2v) is 3.44. The Hall–Kier alpha value is 0.700. The van der Waals surface area contributed by atoms with Crippen LogP contribution in [-0.2, 0) is 0 Å². The molecule has 0 bridgehead atoms. The SMILES string of the molecule is CC(F)(Cl)Br. The molecule has 32 valence electrons. The van der Waals surface area contributed by atoms with Crippen molar-refractivity contribution >= 4 is 27.5 Å². The van der Waals surface area contributed by atoms with Gasteiger partial charge in [0, 0.05) is 0 Å². The zero-order chi connectivity index (χ0) is 4.50. The second kappa shape index (κ2) is 1.43. The molecule has 0 aliphatic heterocycles. The third-order valence-corrected chi connectivity index (χ3v) is 0. The van der Waals surface area contributed by atoms with Crippen molar-refractivity contribution in [2.24, 2.45) is 0 Å². The van der Waals surface area contributed by atoms with Crippen molar-refractivity contribution in [1.29, 1.82) is 0 Å². The summed E-state index contributed by atoms with van der Waals surface area (Å²) in [7, 11) is 0. The van der Waals surface area contributed by atoms with E-state index in [1.165, 1.54) is 6.92 Å². The van der Waals surface area contributed by atoms with Crippen molar-refractivity contribution in [2.45, 2.75) is 11.0 Å². The van der Waals surface area contributed by atoms with Crippen LogP contribution in [-0.4, -0.2) is 4.04 Å². The second-order valence-electron chi connectivity index (χ2n) is 0.781. The molecule has 0 radical (unpaired) electrons. The van der Waals surface area contributed by atoms with Crippen LogP contribution in [0.25, 0.3) is 0 Å². The van der Waals surface area contributed by atoms with Gasteiger partial charge >= 0.3 is 0 Å². The Balaban J connectivity index is 3.02. The summed E-state index contributed by atoms with van der Waals surface area (Å²) in [5, 5.41) is 0. The van der Waals surface area contributed by atoms with E-state index >= 15 is 0 Å². The molecule has 0 fully saturated rings. The molecule has 0 N–H and O–H groups in total. The van der Waals surface area contributed by atoms with Crippen molar-refractivity contribution < 1.29 is 4.39 Å². The maximum atomic E-state index is 11.4. The minimum Gasteiger partial charge on any atom is -0.214 e. The van der Waals surface area contributed by atoms with E-state index in [1.807, 2.05) is 0 Å². The largest absolute Gasteiger partial charge is 0.235 e. The first-order chi connectivity index (χ1) is 2.00. The Morgan fingerprint density at radius 3 is 2.00 bits per heavy atom. The summed E-state index contributed by atoms with van der Waals surface area (Å²) < 4.78 is 9.65. The van der Waals surface area contributed by atoms with Crippen LogP contribution in [0.3, 0.4) is 0 Å². The normalized spacial score (nSPS) is 21.6. The zero-order valence-corrected chi connectivity index (χ0v) is 4.98. The quantitative estimate of drug-likeness (QED) is 0.478. The molecule has 3 heteroatoms. The Morgan fingerprint density at radius 1 is 2.00 bits per heavy atom. The topological polar surface area (TPSA) is 0 Å².